The third-order valence-corrected chi connectivity index (χ3v) is 20.2. The molecule has 0 aliphatic rings. The number of hydrogen-bond acceptors (Lipinski definition) is 20. The van der Waals surface area contributed by atoms with E-state index in [1.54, 1.807) is 136 Å². The molecule has 0 fully saturated rings. The van der Waals surface area contributed by atoms with Crippen molar-refractivity contribution in [2.75, 3.05) is 38.8 Å². The second kappa shape index (κ2) is 53.5. The summed E-state index contributed by atoms with van der Waals surface area (Å²) >= 11 is 1.35. The maximum atomic E-state index is 14.8. The van der Waals surface area contributed by atoms with Crippen molar-refractivity contribution in [2.24, 2.45) is 68.2 Å². The number of aliphatic carboxylic acids is 3. The average Bonchev–Trinajstić information content (AvgIpc) is 0.834. The normalized spacial score (nSPS) is 15.3. The second-order valence-corrected chi connectivity index (χ2v) is 31.0. The highest BCUT2D eigenvalue weighted by Crippen LogP contribution is 2.20. The fourth-order valence-electron chi connectivity index (χ4n) is 12.2. The summed E-state index contributed by atoms with van der Waals surface area (Å²) in [7, 11) is 1.31. The molecule has 0 unspecified atom stereocenters. The van der Waals surface area contributed by atoms with Crippen LogP contribution in [0, 0.1) is 29.6 Å². The first-order chi connectivity index (χ1) is 55.1. The molecule has 117 heavy (non-hydrogen) atoms. The zero-order valence-electron chi connectivity index (χ0n) is 69.2. The first kappa shape index (κ1) is 102. The lowest BCUT2D eigenvalue weighted by molar-refractivity contribution is -0.143. The molecule has 0 saturated heterocycles. The molecule has 0 aromatic heterocycles. The van der Waals surface area contributed by atoms with E-state index in [2.05, 4.69) is 68.5 Å². The van der Waals surface area contributed by atoms with E-state index in [4.69, 9.17) is 28.7 Å². The van der Waals surface area contributed by atoms with E-state index in [0.29, 0.717) is 16.9 Å². The molecule has 2 aromatic carbocycles. The number of nitrogens with two attached hydrogens (primary N) is 5. The van der Waals surface area contributed by atoms with Crippen molar-refractivity contribution in [1.82, 2.24) is 63.4 Å². The van der Waals surface area contributed by atoms with Gasteiger partial charge in [0.1, 0.15) is 72.5 Å². The molecule has 0 radical (unpaired) electrons. The lowest BCUT2D eigenvalue weighted by Crippen LogP contribution is -2.63. The number of carbonyl (C=O) groups is 15. The topological polar surface area (TPSA) is 627 Å². The minimum atomic E-state index is -1.91. The van der Waals surface area contributed by atoms with E-state index in [0.717, 1.165) is 4.90 Å². The van der Waals surface area contributed by atoms with Gasteiger partial charge in [0.05, 0.1) is 19.1 Å². The van der Waals surface area contributed by atoms with Gasteiger partial charge in [-0.2, -0.15) is 11.8 Å². The van der Waals surface area contributed by atoms with Crippen molar-refractivity contribution >= 4 is 112 Å². The van der Waals surface area contributed by atoms with Gasteiger partial charge in [0.25, 0.3) is 0 Å². The lowest BCUT2D eigenvalue weighted by atomic mass is 9.94. The Kier molecular flexibility index (Phi) is 46.8. The van der Waals surface area contributed by atoms with Gasteiger partial charge in [0, 0.05) is 39.4 Å². The van der Waals surface area contributed by atoms with Gasteiger partial charge in [-0.25, -0.2) is 4.79 Å². The predicted molar refractivity (Wildman–Crippen MR) is 440 cm³/mol. The Morgan fingerprint density at radius 2 is 0.795 bits per heavy atom. The summed E-state index contributed by atoms with van der Waals surface area (Å²) in [6, 6.07) is -2.46. The predicted octanol–water partition coefficient (Wildman–Crippen LogP) is -1.53. The number of amides is 12. The van der Waals surface area contributed by atoms with Crippen LogP contribution in [0.1, 0.15) is 164 Å². The fraction of sp³-hybridized carbons (Fsp3) is 0.628. The van der Waals surface area contributed by atoms with Crippen LogP contribution in [0.25, 0.3) is 0 Å². The Balaban J connectivity index is 2.57. The van der Waals surface area contributed by atoms with Crippen LogP contribution >= 0.6 is 11.8 Å². The standard InChI is InChI=1S/C78H127N19O19S/c1-13-44(8)61(95-71(110)58(29-23-34-85-78(82)83)97(11)75(114)51(32-35-117-12)87-64(103)49(79)30-31-59(99)100)73(112)93-57(41-98)70(109)86-50(28-22-33-84-77(80)81)65(104)94-63(46(10)15-3)74(113)96-62(45(9)14-2)72(111)91-53(37-43(6)7)66(105)90-55(40-60(101)102)69(108)89-54(38-47-24-18-16-19-25-47)68(107)88-52(36-42(4)5)67(106)92-56(76(115)116)39-48-26-20-17-21-27-48/h16-21,24-27,42-46,49-58,61-63,98H,13-15,22-23,28-41,79H2,1-12H3,(H,86,109)(H,87,103)(H,88,107)(H,89,108)(H,90,105)(H,91,111)(H,92,106)(H,93,112)(H,94,104)(H,95,110)(H,96,113)(H,99,100)(H,101,102)(H,115,116)(H4,80,81,84)(H4,82,83,85)/t44-,45-,46-,49-,50-,51-,52-,53-,54-,55-,56-,57-,58-,61-,62-,63-/m0/s1. The molecule has 0 saturated carbocycles. The number of nitrogens with one attached hydrogen (secondary N) is 11. The monoisotopic (exact) mass is 1670 g/mol. The van der Waals surface area contributed by atoms with E-state index in [-0.39, 0.29) is 120 Å². The van der Waals surface area contributed by atoms with Crippen LogP contribution in [-0.4, -0.2) is 243 Å². The Morgan fingerprint density at radius 1 is 0.427 bits per heavy atom. The van der Waals surface area contributed by atoms with Crippen LogP contribution in [0.2, 0.25) is 0 Å². The quantitative estimate of drug-likeness (QED) is 0.0203. The summed E-state index contributed by atoms with van der Waals surface area (Å²) in [5, 5.41) is 68.8. The number of rotatable bonds is 56. The number of aliphatic hydroxyl groups is 1. The first-order valence-corrected chi connectivity index (χ1v) is 40.8. The number of guanidine groups is 2. The molecule has 16 atom stereocenters. The Morgan fingerprint density at radius 3 is 1.23 bits per heavy atom. The van der Waals surface area contributed by atoms with Crippen LogP contribution in [0.4, 0.5) is 0 Å². The van der Waals surface area contributed by atoms with Gasteiger partial charge in [-0.1, -0.05) is 149 Å². The molecule has 0 aliphatic carbocycles. The molecule has 12 amide bonds. The van der Waals surface area contributed by atoms with Gasteiger partial charge >= 0.3 is 17.9 Å². The minimum Gasteiger partial charge on any atom is -0.481 e. The van der Waals surface area contributed by atoms with Gasteiger partial charge in [-0.3, -0.25) is 77.1 Å². The first-order valence-electron chi connectivity index (χ1n) is 39.4. The van der Waals surface area contributed by atoms with Crippen molar-refractivity contribution in [1.29, 1.82) is 0 Å². The van der Waals surface area contributed by atoms with Crippen molar-refractivity contribution in [3.8, 4) is 0 Å². The maximum absolute atomic E-state index is 14.8. The molecule has 654 valence electrons. The van der Waals surface area contributed by atoms with Crippen molar-refractivity contribution in [3.63, 3.8) is 0 Å². The number of aliphatic imine (C=N–C) groups is 2. The zero-order valence-corrected chi connectivity index (χ0v) is 70.0. The highest BCUT2D eigenvalue weighted by Gasteiger charge is 2.41. The molecule has 25 N–H and O–H groups in total. The molecule has 0 aliphatic heterocycles. The number of hydrogen-bond donors (Lipinski definition) is 20. The summed E-state index contributed by atoms with van der Waals surface area (Å²) in [5.41, 5.74) is 29.4. The molecular weight excluding hydrogens is 1540 g/mol. The van der Waals surface area contributed by atoms with Crippen molar-refractivity contribution in [3.05, 3.63) is 71.8 Å². The van der Waals surface area contributed by atoms with Crippen LogP contribution < -0.4 is 87.2 Å². The summed E-state index contributed by atoms with van der Waals surface area (Å²) in [5.74, 6) is -18.2. The van der Waals surface area contributed by atoms with E-state index in [1.807, 2.05) is 0 Å². The highest BCUT2D eigenvalue weighted by molar-refractivity contribution is 7.98. The van der Waals surface area contributed by atoms with Crippen LogP contribution in [-0.2, 0) is 84.8 Å². The second-order valence-electron chi connectivity index (χ2n) is 30.0. The smallest absolute Gasteiger partial charge is 0.326 e. The molecule has 2 aromatic rings. The van der Waals surface area contributed by atoms with Crippen LogP contribution in [0.5, 0.6) is 0 Å². The number of likely N-dealkylation sites (N-methyl/N-ethyl adjacent to an activating group) is 1. The molecule has 38 nitrogen and oxygen atoms in total. The third-order valence-electron chi connectivity index (χ3n) is 19.6. The number of benzene rings is 2. The van der Waals surface area contributed by atoms with E-state index >= 15 is 0 Å². The number of nitrogens with zero attached hydrogens (tertiary/aromatic N) is 3. The number of carbonyl (C=O) groups excluding carboxylic acids is 12. The zero-order chi connectivity index (χ0) is 88.3. The van der Waals surface area contributed by atoms with Gasteiger partial charge in [0.2, 0.25) is 70.9 Å². The molecule has 39 heteroatoms. The van der Waals surface area contributed by atoms with Crippen molar-refractivity contribution < 1.29 is 92.3 Å². The van der Waals surface area contributed by atoms with Gasteiger partial charge in [0.15, 0.2) is 11.9 Å². The molecule has 0 bridgehead atoms. The van der Waals surface area contributed by atoms with E-state index in [1.165, 1.54) is 18.8 Å². The van der Waals surface area contributed by atoms with E-state index < -0.39 is 205 Å². The number of carboxylic acid groups (broad SMARTS) is 3. The summed E-state index contributed by atoms with van der Waals surface area (Å²) < 4.78 is 0. The number of aliphatic hydroxyl groups excluding tert-OH is 1. The molecular formula is C78H127N19O19S. The number of thioether (sulfide) groups is 1. The van der Waals surface area contributed by atoms with E-state index in [9.17, 15) is 92.3 Å². The molecule has 0 heterocycles. The van der Waals surface area contributed by atoms with Crippen LogP contribution in [0.3, 0.4) is 0 Å². The molecule has 0 spiro atoms. The maximum Gasteiger partial charge on any atom is 0.326 e. The molecule has 2 rings (SSSR count). The Labute approximate surface area is 688 Å². The number of carboxylic acids is 3. The van der Waals surface area contributed by atoms with Gasteiger partial charge < -0.3 is 112 Å². The lowest BCUT2D eigenvalue weighted by Gasteiger charge is -2.33. The summed E-state index contributed by atoms with van der Waals surface area (Å²) in [4.78, 5) is 218. The fourth-order valence-corrected chi connectivity index (χ4v) is 12.6. The average molecular weight is 1670 g/mol. The highest BCUT2D eigenvalue weighted by atomic mass is 32.2. The minimum absolute atomic E-state index is 0.00688. The Bertz CT molecular complexity index is 3650. The SMILES string of the molecule is CC[C@H](C)[C@H](NC(=O)[C@H](CCCN=C(N)N)NC(=O)[C@H](CO)NC(=O)[C@@H](NC(=O)[C@H](CCCN=C(N)N)N(C)C(=O)[C@H](CCSC)NC(=O)[C@@H](N)CCC(=O)O)[C@@H](C)CC)C(=O)N[C@H](C(=O)N[C@@H](CC(C)C)C(=O)N[C@@H](CC(=O)O)C(=O)N[C@@H](Cc1ccccc1)C(=O)N[C@@H](CC(C)C)C(=O)N[C@@H](Cc1ccccc1)C(=O)O)[C@@H](C)CC. The Hall–Kier alpha value is -10.7. The van der Waals surface area contributed by atoms with Gasteiger partial charge in [-0.05, 0) is 104 Å². The largest absolute Gasteiger partial charge is 0.481 e. The van der Waals surface area contributed by atoms with Crippen molar-refractivity contribution in [2.45, 2.75) is 244 Å². The van der Waals surface area contributed by atoms with Gasteiger partial charge in [-0.15, -0.1) is 0 Å². The summed E-state index contributed by atoms with van der Waals surface area (Å²) in [6.45, 7) is 15.8. The van der Waals surface area contributed by atoms with Crippen LogP contribution in [0.15, 0.2) is 70.6 Å². The summed E-state index contributed by atoms with van der Waals surface area (Å²) in [6.07, 6.45) is 0.289. The third kappa shape index (κ3) is 37.8.